The molecule has 0 bridgehead atoms. The van der Waals surface area contributed by atoms with Crippen LogP contribution >= 0.6 is 34.8 Å². The van der Waals surface area contributed by atoms with E-state index >= 15 is 0 Å². The Morgan fingerprint density at radius 2 is 1.88 bits per heavy atom. The second-order valence-corrected chi connectivity index (χ2v) is 7.53. The van der Waals surface area contributed by atoms with Gasteiger partial charge in [0.05, 0.1) is 27.6 Å². The molecular weight excluding hydrogens is 395 g/mol. The van der Waals surface area contributed by atoms with Gasteiger partial charge in [0.25, 0.3) is 5.56 Å². The predicted octanol–water partition coefficient (Wildman–Crippen LogP) is 4.11. The molecule has 1 fully saturated rings. The van der Waals surface area contributed by atoms with Crippen LogP contribution in [0.15, 0.2) is 29.2 Å². The lowest BCUT2D eigenvalue weighted by molar-refractivity contribution is 0.294. The molecule has 1 aromatic heterocycles. The van der Waals surface area contributed by atoms with Gasteiger partial charge in [-0.1, -0.05) is 41.7 Å². The molecule has 0 amide bonds. The summed E-state index contributed by atoms with van der Waals surface area (Å²) >= 11 is 18.3. The van der Waals surface area contributed by atoms with Gasteiger partial charge in [0.1, 0.15) is 5.02 Å². The zero-order chi connectivity index (χ0) is 18.7. The zero-order valence-electron chi connectivity index (χ0n) is 14.6. The summed E-state index contributed by atoms with van der Waals surface area (Å²) in [7, 11) is 0. The average molecular weight is 416 g/mol. The lowest BCUT2D eigenvalue weighted by atomic mass is 10.2. The maximum absolute atomic E-state index is 12.3. The molecule has 0 radical (unpaired) electrons. The summed E-state index contributed by atoms with van der Waals surface area (Å²) in [6.45, 7) is 7.38. The maximum Gasteiger partial charge on any atom is 0.291 e. The molecule has 140 valence electrons. The van der Waals surface area contributed by atoms with E-state index in [0.717, 1.165) is 44.8 Å². The Balaban J connectivity index is 1.84. The molecule has 5 nitrogen and oxygen atoms in total. The van der Waals surface area contributed by atoms with Crippen molar-refractivity contribution < 1.29 is 0 Å². The lowest BCUT2D eigenvalue weighted by Gasteiger charge is -2.25. The van der Waals surface area contributed by atoms with Crippen molar-refractivity contribution >= 4 is 40.5 Å². The van der Waals surface area contributed by atoms with Crippen LogP contribution in [0.1, 0.15) is 19.8 Å². The maximum atomic E-state index is 12.3. The van der Waals surface area contributed by atoms with E-state index in [1.54, 1.807) is 6.07 Å². The van der Waals surface area contributed by atoms with E-state index in [2.05, 4.69) is 21.8 Å². The van der Waals surface area contributed by atoms with Gasteiger partial charge in [0.2, 0.25) is 0 Å². The van der Waals surface area contributed by atoms with Gasteiger partial charge in [-0.2, -0.15) is 9.78 Å². The fourth-order valence-electron chi connectivity index (χ4n) is 3.23. The highest BCUT2D eigenvalue weighted by atomic mass is 35.5. The van der Waals surface area contributed by atoms with Gasteiger partial charge in [0.15, 0.2) is 0 Å². The molecule has 1 aliphatic heterocycles. The number of nitrogens with zero attached hydrogens (tertiary/aromatic N) is 4. The van der Waals surface area contributed by atoms with Crippen molar-refractivity contribution in [1.82, 2.24) is 14.7 Å². The quantitative estimate of drug-likeness (QED) is 0.753. The minimum atomic E-state index is -0.465. The van der Waals surface area contributed by atoms with Crippen LogP contribution in [0, 0.1) is 0 Å². The summed E-state index contributed by atoms with van der Waals surface area (Å²) in [5, 5.41) is 4.72. The van der Waals surface area contributed by atoms with Crippen LogP contribution in [0.5, 0.6) is 0 Å². The molecule has 2 aromatic rings. The van der Waals surface area contributed by atoms with E-state index in [9.17, 15) is 4.79 Å². The largest absolute Gasteiger partial charge is 0.369 e. The van der Waals surface area contributed by atoms with Gasteiger partial charge < -0.3 is 9.80 Å². The third-order valence-corrected chi connectivity index (χ3v) is 5.57. The first-order valence-corrected chi connectivity index (χ1v) is 9.85. The third kappa shape index (κ3) is 4.17. The average Bonchev–Trinajstić information content (AvgIpc) is 2.86. The van der Waals surface area contributed by atoms with Gasteiger partial charge in [-0.25, -0.2) is 0 Å². The molecule has 2 heterocycles. The molecule has 0 saturated carbocycles. The predicted molar refractivity (Wildman–Crippen MR) is 108 cm³/mol. The normalized spacial score (nSPS) is 15.9. The highest BCUT2D eigenvalue weighted by molar-refractivity contribution is 6.41. The van der Waals surface area contributed by atoms with Crippen molar-refractivity contribution in [3.8, 4) is 5.69 Å². The van der Waals surface area contributed by atoms with E-state index in [4.69, 9.17) is 34.8 Å². The number of halogens is 3. The highest BCUT2D eigenvalue weighted by Gasteiger charge is 2.18. The Kier molecular flexibility index (Phi) is 6.46. The van der Waals surface area contributed by atoms with E-state index < -0.39 is 5.56 Å². The molecule has 3 rings (SSSR count). The van der Waals surface area contributed by atoms with Crippen molar-refractivity contribution in [2.24, 2.45) is 0 Å². The summed E-state index contributed by atoms with van der Waals surface area (Å²) in [4.78, 5) is 17.0. The number of hydrogen-bond donors (Lipinski definition) is 0. The van der Waals surface area contributed by atoms with Crippen molar-refractivity contribution in [1.29, 1.82) is 0 Å². The van der Waals surface area contributed by atoms with Crippen LogP contribution in [-0.4, -0.2) is 47.4 Å². The lowest BCUT2D eigenvalue weighted by Crippen LogP contribution is -2.31. The summed E-state index contributed by atoms with van der Waals surface area (Å²) < 4.78 is 1.20. The number of hydrogen-bond acceptors (Lipinski definition) is 4. The number of rotatable bonds is 4. The Morgan fingerprint density at radius 3 is 2.62 bits per heavy atom. The first kappa shape index (κ1) is 19.5. The molecule has 0 unspecified atom stereocenters. The Morgan fingerprint density at radius 1 is 1.08 bits per heavy atom. The van der Waals surface area contributed by atoms with E-state index in [0.29, 0.717) is 10.7 Å². The van der Waals surface area contributed by atoms with E-state index in [-0.39, 0.29) is 10.0 Å². The van der Waals surface area contributed by atoms with E-state index in [1.807, 2.05) is 12.1 Å². The van der Waals surface area contributed by atoms with Gasteiger partial charge in [-0.15, -0.1) is 0 Å². The van der Waals surface area contributed by atoms with Gasteiger partial charge >= 0.3 is 0 Å². The fourth-order valence-corrected chi connectivity index (χ4v) is 3.78. The third-order valence-electron chi connectivity index (χ3n) is 4.52. The van der Waals surface area contributed by atoms with Gasteiger partial charge in [-0.05, 0) is 44.1 Å². The van der Waals surface area contributed by atoms with Crippen LogP contribution < -0.4 is 10.5 Å². The van der Waals surface area contributed by atoms with Crippen molar-refractivity contribution in [3.63, 3.8) is 0 Å². The molecule has 1 aromatic carbocycles. The van der Waals surface area contributed by atoms with Crippen LogP contribution in [0.2, 0.25) is 15.1 Å². The second kappa shape index (κ2) is 8.61. The van der Waals surface area contributed by atoms with Gasteiger partial charge in [0, 0.05) is 19.6 Å². The van der Waals surface area contributed by atoms with E-state index in [1.165, 1.54) is 17.3 Å². The number of aromatic nitrogens is 2. The summed E-state index contributed by atoms with van der Waals surface area (Å²) in [6.07, 6.45) is 3.62. The Bertz CT molecular complexity index is 840. The summed E-state index contributed by atoms with van der Waals surface area (Å²) in [5.74, 6) is 0. The molecule has 0 N–H and O–H groups in total. The van der Waals surface area contributed by atoms with Crippen LogP contribution in [-0.2, 0) is 0 Å². The Labute approximate surface area is 168 Å². The monoisotopic (exact) mass is 414 g/mol. The Hall–Kier alpha value is -1.27. The van der Waals surface area contributed by atoms with Crippen LogP contribution in [0.25, 0.3) is 5.69 Å². The standard InChI is InChI=1S/C18H21Cl3N4O/c1-2-6-23-7-3-8-24(10-9-23)16-5-4-13(11-14(16)19)25-18(26)17(21)15(20)12-22-25/h4-5,11-12H,2-3,6-10H2,1H3. The summed E-state index contributed by atoms with van der Waals surface area (Å²) in [6, 6.07) is 5.50. The molecule has 1 saturated heterocycles. The molecule has 0 aliphatic carbocycles. The van der Waals surface area contributed by atoms with Crippen LogP contribution in [0.3, 0.4) is 0 Å². The minimum Gasteiger partial charge on any atom is -0.369 e. The van der Waals surface area contributed by atoms with Crippen molar-refractivity contribution in [3.05, 3.63) is 49.8 Å². The smallest absolute Gasteiger partial charge is 0.291 e. The molecule has 0 atom stereocenters. The minimum absolute atomic E-state index is 0.0506. The van der Waals surface area contributed by atoms with Crippen LogP contribution in [0.4, 0.5) is 5.69 Å². The fraction of sp³-hybridized carbons (Fsp3) is 0.444. The van der Waals surface area contributed by atoms with Gasteiger partial charge in [-0.3, -0.25) is 4.79 Å². The molecule has 8 heteroatoms. The summed E-state index contributed by atoms with van der Waals surface area (Å²) in [5.41, 5.74) is 1.07. The number of anilines is 1. The molecule has 1 aliphatic rings. The highest BCUT2D eigenvalue weighted by Crippen LogP contribution is 2.29. The number of benzene rings is 1. The second-order valence-electron chi connectivity index (χ2n) is 6.34. The van der Waals surface area contributed by atoms with Crippen molar-refractivity contribution in [2.75, 3.05) is 37.6 Å². The molecule has 0 spiro atoms. The molecular formula is C18H21Cl3N4O. The first-order chi connectivity index (χ1) is 12.5. The SMILES string of the molecule is CCCN1CCCN(c2ccc(-n3ncc(Cl)c(Cl)c3=O)cc2Cl)CC1. The zero-order valence-corrected chi connectivity index (χ0v) is 16.9. The first-order valence-electron chi connectivity index (χ1n) is 8.72. The topological polar surface area (TPSA) is 41.4 Å². The molecule has 26 heavy (non-hydrogen) atoms. The van der Waals surface area contributed by atoms with Crippen molar-refractivity contribution in [2.45, 2.75) is 19.8 Å².